The minimum Gasteiger partial charge on any atom is -0.436 e. The van der Waals surface area contributed by atoms with Gasteiger partial charge in [-0.2, -0.15) is 0 Å². The summed E-state index contributed by atoms with van der Waals surface area (Å²) in [7, 11) is 0. The summed E-state index contributed by atoms with van der Waals surface area (Å²) in [6.45, 7) is 0.415. The third-order valence-electron chi connectivity index (χ3n) is 4.07. The maximum absolute atomic E-state index is 12.2. The van der Waals surface area contributed by atoms with Crippen LogP contribution in [0.5, 0.6) is 0 Å². The summed E-state index contributed by atoms with van der Waals surface area (Å²) in [5.74, 6) is 0.386. The Bertz CT molecular complexity index is 1040. The fourth-order valence-electron chi connectivity index (χ4n) is 2.68. The number of benzene rings is 3. The van der Waals surface area contributed by atoms with Crippen molar-refractivity contribution in [2.75, 3.05) is 0 Å². The Morgan fingerprint density at radius 3 is 2.46 bits per heavy atom. The number of aromatic nitrogens is 1. The summed E-state index contributed by atoms with van der Waals surface area (Å²) in [6.07, 6.45) is 0. The van der Waals surface area contributed by atoms with Gasteiger partial charge in [-0.05, 0) is 42.0 Å². The molecule has 4 nitrogen and oxygen atoms in total. The molecule has 0 aliphatic rings. The summed E-state index contributed by atoms with van der Waals surface area (Å²) in [6, 6.07) is 22.4. The van der Waals surface area contributed by atoms with Gasteiger partial charge < -0.3 is 9.73 Å². The van der Waals surface area contributed by atoms with Crippen molar-refractivity contribution in [3.8, 4) is 11.5 Å². The maximum Gasteiger partial charge on any atom is 0.253 e. The lowest BCUT2D eigenvalue weighted by molar-refractivity contribution is 0.0951. The molecule has 0 radical (unpaired) electrons. The van der Waals surface area contributed by atoms with E-state index in [1.165, 1.54) is 0 Å². The quantitative estimate of drug-likeness (QED) is 0.551. The number of fused-ring (bicyclic) bond motifs is 1. The molecule has 0 atom stereocenters. The lowest BCUT2D eigenvalue weighted by Gasteiger charge is -2.07. The van der Waals surface area contributed by atoms with Gasteiger partial charge >= 0.3 is 0 Å². The van der Waals surface area contributed by atoms with Gasteiger partial charge in [0.05, 0.1) is 10.6 Å². The summed E-state index contributed by atoms with van der Waals surface area (Å²) in [4.78, 5) is 16.7. The third kappa shape index (κ3) is 3.32. The topological polar surface area (TPSA) is 55.1 Å². The fourth-order valence-corrected chi connectivity index (χ4v) is 2.91. The van der Waals surface area contributed by atoms with E-state index < -0.39 is 0 Å². The van der Waals surface area contributed by atoms with Crippen molar-refractivity contribution < 1.29 is 9.21 Å². The molecule has 0 aliphatic carbocycles. The van der Waals surface area contributed by atoms with Crippen LogP contribution in [0, 0.1) is 0 Å². The van der Waals surface area contributed by atoms with Crippen LogP contribution in [0.1, 0.15) is 15.9 Å². The molecule has 0 saturated carbocycles. The van der Waals surface area contributed by atoms with E-state index in [4.69, 9.17) is 16.0 Å². The van der Waals surface area contributed by atoms with Crippen LogP contribution in [0.15, 0.2) is 77.2 Å². The van der Waals surface area contributed by atoms with Crippen LogP contribution in [-0.2, 0) is 6.54 Å². The third-order valence-corrected chi connectivity index (χ3v) is 4.40. The standard InChI is InChI=1S/C21H15ClN2O2/c22-17-6-2-1-5-16(17)20(25)23-13-14-9-11-15(12-10-14)21-24-18-7-3-4-8-19(18)26-21/h1-12H,13H2,(H,23,25). The molecule has 0 aliphatic heterocycles. The van der Waals surface area contributed by atoms with E-state index in [0.717, 1.165) is 22.2 Å². The largest absolute Gasteiger partial charge is 0.436 e. The van der Waals surface area contributed by atoms with Gasteiger partial charge in [0.25, 0.3) is 5.91 Å². The van der Waals surface area contributed by atoms with E-state index in [-0.39, 0.29) is 5.91 Å². The number of nitrogens with one attached hydrogen (secondary N) is 1. The van der Waals surface area contributed by atoms with E-state index in [9.17, 15) is 4.79 Å². The summed E-state index contributed by atoms with van der Waals surface area (Å²) in [5, 5.41) is 3.32. The highest BCUT2D eigenvalue weighted by Crippen LogP contribution is 2.24. The van der Waals surface area contributed by atoms with Gasteiger partial charge in [0, 0.05) is 12.1 Å². The lowest BCUT2D eigenvalue weighted by atomic mass is 10.1. The van der Waals surface area contributed by atoms with E-state index >= 15 is 0 Å². The highest BCUT2D eigenvalue weighted by Gasteiger charge is 2.10. The molecule has 0 fully saturated rings. The normalized spacial score (nSPS) is 10.8. The number of para-hydroxylation sites is 2. The zero-order valence-corrected chi connectivity index (χ0v) is 14.5. The predicted octanol–water partition coefficient (Wildman–Crippen LogP) is 5.08. The molecule has 26 heavy (non-hydrogen) atoms. The lowest BCUT2D eigenvalue weighted by Crippen LogP contribution is -2.23. The first kappa shape index (κ1) is 16.4. The van der Waals surface area contributed by atoms with Crippen LogP contribution in [0.2, 0.25) is 5.02 Å². The van der Waals surface area contributed by atoms with Crippen molar-refractivity contribution in [3.05, 3.63) is 88.9 Å². The number of hydrogen-bond donors (Lipinski definition) is 1. The molecule has 1 aromatic heterocycles. The molecule has 1 amide bonds. The van der Waals surface area contributed by atoms with Crippen molar-refractivity contribution in [2.45, 2.75) is 6.54 Å². The Labute approximate surface area is 155 Å². The van der Waals surface area contributed by atoms with Crippen molar-refractivity contribution >= 4 is 28.6 Å². The number of halogens is 1. The van der Waals surface area contributed by atoms with Gasteiger partial charge in [0.1, 0.15) is 5.52 Å². The van der Waals surface area contributed by atoms with Crippen LogP contribution in [-0.4, -0.2) is 10.9 Å². The molecule has 0 spiro atoms. The van der Waals surface area contributed by atoms with Gasteiger partial charge in [0.2, 0.25) is 5.89 Å². The first-order valence-corrected chi connectivity index (χ1v) is 8.56. The van der Waals surface area contributed by atoms with E-state index in [1.807, 2.05) is 48.5 Å². The zero-order valence-electron chi connectivity index (χ0n) is 13.8. The molecule has 1 N–H and O–H groups in total. The Morgan fingerprint density at radius 2 is 1.69 bits per heavy atom. The summed E-state index contributed by atoms with van der Waals surface area (Å²) in [5.41, 5.74) is 3.93. The van der Waals surface area contributed by atoms with Crippen molar-refractivity contribution in [3.63, 3.8) is 0 Å². The van der Waals surface area contributed by atoms with Crippen molar-refractivity contribution in [1.82, 2.24) is 10.3 Å². The van der Waals surface area contributed by atoms with Gasteiger partial charge in [0.15, 0.2) is 5.58 Å². The van der Waals surface area contributed by atoms with Crippen LogP contribution in [0.25, 0.3) is 22.6 Å². The first-order chi connectivity index (χ1) is 12.7. The monoisotopic (exact) mass is 362 g/mol. The number of hydrogen-bond acceptors (Lipinski definition) is 3. The van der Waals surface area contributed by atoms with Crippen molar-refractivity contribution in [1.29, 1.82) is 0 Å². The van der Waals surface area contributed by atoms with Gasteiger partial charge in [-0.15, -0.1) is 0 Å². The Balaban J connectivity index is 1.46. The van der Waals surface area contributed by atoms with Crippen LogP contribution < -0.4 is 5.32 Å². The number of carbonyl (C=O) groups excluding carboxylic acids is 1. The Morgan fingerprint density at radius 1 is 0.962 bits per heavy atom. The summed E-state index contributed by atoms with van der Waals surface area (Å²) < 4.78 is 5.77. The van der Waals surface area contributed by atoms with E-state index in [2.05, 4.69) is 10.3 Å². The second-order valence-electron chi connectivity index (χ2n) is 5.85. The number of nitrogens with zero attached hydrogens (tertiary/aromatic N) is 1. The average molecular weight is 363 g/mol. The molecular formula is C21H15ClN2O2. The smallest absolute Gasteiger partial charge is 0.253 e. The molecule has 0 unspecified atom stereocenters. The number of amides is 1. The molecular weight excluding hydrogens is 348 g/mol. The first-order valence-electron chi connectivity index (χ1n) is 8.18. The average Bonchev–Trinajstić information content (AvgIpc) is 3.11. The molecule has 4 rings (SSSR count). The minimum absolute atomic E-state index is 0.196. The predicted molar refractivity (Wildman–Crippen MR) is 102 cm³/mol. The van der Waals surface area contributed by atoms with Gasteiger partial charge in [-0.25, -0.2) is 4.98 Å². The molecule has 128 valence electrons. The highest BCUT2D eigenvalue weighted by atomic mass is 35.5. The zero-order chi connectivity index (χ0) is 17.9. The number of rotatable bonds is 4. The second-order valence-corrected chi connectivity index (χ2v) is 6.25. The van der Waals surface area contributed by atoms with Crippen LogP contribution in [0.3, 0.4) is 0 Å². The Hall–Kier alpha value is -3.11. The van der Waals surface area contributed by atoms with Crippen LogP contribution >= 0.6 is 11.6 Å². The maximum atomic E-state index is 12.2. The fraction of sp³-hybridized carbons (Fsp3) is 0.0476. The molecule has 0 bridgehead atoms. The number of carbonyl (C=O) groups is 1. The molecule has 4 aromatic rings. The molecule has 0 saturated heterocycles. The molecule has 1 heterocycles. The van der Waals surface area contributed by atoms with Crippen molar-refractivity contribution in [2.24, 2.45) is 0 Å². The minimum atomic E-state index is -0.196. The molecule has 5 heteroatoms. The second kappa shape index (κ2) is 7.02. The SMILES string of the molecule is O=C(NCc1ccc(-c2nc3ccccc3o2)cc1)c1ccccc1Cl. The summed E-state index contributed by atoms with van der Waals surface area (Å²) >= 11 is 6.04. The van der Waals surface area contributed by atoms with Gasteiger partial charge in [-0.1, -0.05) is 48.0 Å². The Kier molecular flexibility index (Phi) is 4.42. The van der Waals surface area contributed by atoms with E-state index in [1.54, 1.807) is 24.3 Å². The number of oxazole rings is 1. The van der Waals surface area contributed by atoms with Gasteiger partial charge in [-0.3, -0.25) is 4.79 Å². The molecule has 3 aromatic carbocycles. The van der Waals surface area contributed by atoms with Crippen LogP contribution in [0.4, 0.5) is 0 Å². The highest BCUT2D eigenvalue weighted by molar-refractivity contribution is 6.33. The van der Waals surface area contributed by atoms with E-state index in [0.29, 0.717) is 23.0 Å².